The Morgan fingerprint density at radius 2 is 2.25 bits per heavy atom. The highest BCUT2D eigenvalue weighted by Crippen LogP contribution is 2.22. The van der Waals surface area contributed by atoms with Crippen molar-refractivity contribution in [1.29, 1.82) is 0 Å². The Bertz CT molecular complexity index is 558. The largest absolute Gasteiger partial charge is 0.497 e. The van der Waals surface area contributed by atoms with E-state index in [0.29, 0.717) is 18.7 Å². The quantitative estimate of drug-likeness (QED) is 0.873. The van der Waals surface area contributed by atoms with Gasteiger partial charge in [0.15, 0.2) is 9.84 Å². The number of ether oxygens (including phenoxy) is 1. The van der Waals surface area contributed by atoms with Gasteiger partial charge in [0, 0.05) is 12.6 Å². The van der Waals surface area contributed by atoms with E-state index in [1.165, 1.54) is 0 Å². The van der Waals surface area contributed by atoms with Crippen molar-refractivity contribution in [1.82, 2.24) is 4.90 Å². The van der Waals surface area contributed by atoms with Gasteiger partial charge >= 0.3 is 0 Å². The zero-order valence-corrected chi connectivity index (χ0v) is 12.6. The number of methoxy groups -OCH3 is 1. The summed E-state index contributed by atoms with van der Waals surface area (Å²) >= 11 is 0. The fourth-order valence-electron chi connectivity index (χ4n) is 2.50. The number of aliphatic hydroxyl groups excluding tert-OH is 1. The normalized spacial score (nSPS) is 22.9. The van der Waals surface area contributed by atoms with E-state index in [1.807, 2.05) is 30.1 Å². The number of sulfone groups is 1. The summed E-state index contributed by atoms with van der Waals surface area (Å²) in [5, 5.41) is 10.3. The lowest BCUT2D eigenvalue weighted by Crippen LogP contribution is -2.35. The summed E-state index contributed by atoms with van der Waals surface area (Å²) in [5.74, 6) is 1.14. The van der Waals surface area contributed by atoms with Gasteiger partial charge in [-0.3, -0.25) is 4.90 Å². The minimum absolute atomic E-state index is 0.000239. The number of benzene rings is 1. The maximum Gasteiger partial charge on any atom is 0.151 e. The van der Waals surface area contributed by atoms with E-state index in [1.54, 1.807) is 13.2 Å². The van der Waals surface area contributed by atoms with Crippen LogP contribution in [0.5, 0.6) is 5.75 Å². The van der Waals surface area contributed by atoms with Crippen LogP contribution in [0.15, 0.2) is 24.3 Å². The van der Waals surface area contributed by atoms with Crippen LogP contribution in [-0.2, 0) is 9.84 Å². The SMILES string of the molecule is COc1cccc(C(O)CN(C)C2CCS(=O)(=O)C2)c1. The minimum atomic E-state index is -2.89. The molecule has 0 radical (unpaired) electrons. The van der Waals surface area contributed by atoms with E-state index in [4.69, 9.17) is 4.74 Å². The molecule has 1 aromatic carbocycles. The second-order valence-corrected chi connectivity index (χ2v) is 7.52. The standard InChI is InChI=1S/C14H21NO4S/c1-15(12-6-7-20(17,18)10-12)9-14(16)11-4-3-5-13(8-11)19-2/h3-5,8,12,14,16H,6-7,9-10H2,1-2H3. The number of rotatable bonds is 5. The molecule has 0 saturated carbocycles. The molecule has 6 heteroatoms. The molecule has 1 saturated heterocycles. The van der Waals surface area contributed by atoms with Crippen LogP contribution < -0.4 is 4.74 Å². The van der Waals surface area contributed by atoms with Crippen LogP contribution in [0.4, 0.5) is 0 Å². The Kier molecular flexibility index (Phi) is 4.67. The molecule has 1 aliphatic heterocycles. The van der Waals surface area contributed by atoms with Crippen molar-refractivity contribution in [3.8, 4) is 5.75 Å². The number of nitrogens with zero attached hydrogens (tertiary/aromatic N) is 1. The van der Waals surface area contributed by atoms with Crippen molar-refractivity contribution in [2.75, 3.05) is 32.2 Å². The summed E-state index contributed by atoms with van der Waals surface area (Å²) in [6.45, 7) is 0.410. The number of aliphatic hydroxyl groups is 1. The zero-order valence-electron chi connectivity index (χ0n) is 11.8. The van der Waals surface area contributed by atoms with Crippen molar-refractivity contribution in [3.63, 3.8) is 0 Å². The van der Waals surface area contributed by atoms with Crippen LogP contribution in [0.25, 0.3) is 0 Å². The van der Waals surface area contributed by atoms with Crippen LogP contribution in [0.3, 0.4) is 0 Å². The molecular formula is C14H21NO4S. The Morgan fingerprint density at radius 3 is 2.85 bits per heavy atom. The topological polar surface area (TPSA) is 66.8 Å². The van der Waals surface area contributed by atoms with Gasteiger partial charge in [0.25, 0.3) is 0 Å². The first-order chi connectivity index (χ1) is 9.41. The molecule has 1 N–H and O–H groups in total. The third-order valence-electron chi connectivity index (χ3n) is 3.77. The minimum Gasteiger partial charge on any atom is -0.497 e. The highest BCUT2D eigenvalue weighted by Gasteiger charge is 2.31. The molecule has 1 fully saturated rings. The van der Waals surface area contributed by atoms with Gasteiger partial charge in [-0.2, -0.15) is 0 Å². The van der Waals surface area contributed by atoms with E-state index in [2.05, 4.69) is 0 Å². The molecule has 1 heterocycles. The van der Waals surface area contributed by atoms with Crippen LogP contribution >= 0.6 is 0 Å². The molecular weight excluding hydrogens is 278 g/mol. The second kappa shape index (κ2) is 6.11. The van der Waals surface area contributed by atoms with Gasteiger partial charge in [-0.25, -0.2) is 8.42 Å². The zero-order chi connectivity index (χ0) is 14.8. The average molecular weight is 299 g/mol. The Labute approximate surface area is 120 Å². The van der Waals surface area contributed by atoms with Gasteiger partial charge < -0.3 is 9.84 Å². The molecule has 1 aromatic rings. The predicted octanol–water partition coefficient (Wildman–Crippen LogP) is 0.847. The molecule has 1 aliphatic rings. The fourth-order valence-corrected chi connectivity index (χ4v) is 4.30. The lowest BCUT2D eigenvalue weighted by Gasteiger charge is -2.26. The van der Waals surface area contributed by atoms with E-state index in [9.17, 15) is 13.5 Å². The maximum atomic E-state index is 11.5. The third-order valence-corrected chi connectivity index (χ3v) is 5.52. The van der Waals surface area contributed by atoms with E-state index in [-0.39, 0.29) is 17.5 Å². The molecule has 2 rings (SSSR count). The predicted molar refractivity (Wildman–Crippen MR) is 77.6 cm³/mol. The van der Waals surface area contributed by atoms with Gasteiger partial charge in [0.05, 0.1) is 24.7 Å². The van der Waals surface area contributed by atoms with Crippen molar-refractivity contribution in [2.24, 2.45) is 0 Å². The summed E-state index contributed by atoms with van der Waals surface area (Å²) in [6, 6.07) is 7.29. The number of hydrogen-bond donors (Lipinski definition) is 1. The van der Waals surface area contributed by atoms with Crippen molar-refractivity contribution in [2.45, 2.75) is 18.6 Å². The maximum absolute atomic E-state index is 11.5. The summed E-state index contributed by atoms with van der Waals surface area (Å²) in [7, 11) is 0.545. The number of likely N-dealkylation sites (N-methyl/N-ethyl adjacent to an activating group) is 1. The van der Waals surface area contributed by atoms with Gasteiger partial charge in [-0.15, -0.1) is 0 Å². The number of hydrogen-bond acceptors (Lipinski definition) is 5. The van der Waals surface area contributed by atoms with Crippen LogP contribution in [0.2, 0.25) is 0 Å². The molecule has 112 valence electrons. The van der Waals surface area contributed by atoms with Crippen LogP contribution in [0.1, 0.15) is 18.1 Å². The van der Waals surface area contributed by atoms with E-state index in [0.717, 1.165) is 5.56 Å². The highest BCUT2D eigenvalue weighted by atomic mass is 32.2. The Morgan fingerprint density at radius 1 is 1.50 bits per heavy atom. The molecule has 20 heavy (non-hydrogen) atoms. The molecule has 2 unspecified atom stereocenters. The highest BCUT2D eigenvalue weighted by molar-refractivity contribution is 7.91. The molecule has 0 spiro atoms. The van der Waals surface area contributed by atoms with Crippen LogP contribution in [0, 0.1) is 0 Å². The molecule has 0 bridgehead atoms. The van der Waals surface area contributed by atoms with E-state index < -0.39 is 15.9 Å². The monoisotopic (exact) mass is 299 g/mol. The lowest BCUT2D eigenvalue weighted by atomic mass is 10.1. The lowest BCUT2D eigenvalue weighted by molar-refractivity contribution is 0.109. The summed E-state index contributed by atoms with van der Waals surface area (Å²) in [5.41, 5.74) is 0.775. The summed E-state index contributed by atoms with van der Waals surface area (Å²) in [6.07, 6.45) is -0.0117. The Balaban J connectivity index is 1.98. The first kappa shape index (κ1) is 15.3. The fraction of sp³-hybridized carbons (Fsp3) is 0.571. The summed E-state index contributed by atoms with van der Waals surface area (Å²) in [4.78, 5) is 1.93. The van der Waals surface area contributed by atoms with Crippen LogP contribution in [-0.4, -0.2) is 56.7 Å². The molecule has 2 atom stereocenters. The molecule has 5 nitrogen and oxygen atoms in total. The van der Waals surface area contributed by atoms with E-state index >= 15 is 0 Å². The van der Waals surface area contributed by atoms with Gasteiger partial charge in [0.1, 0.15) is 5.75 Å². The first-order valence-corrected chi connectivity index (χ1v) is 8.46. The van der Waals surface area contributed by atoms with Crippen molar-refractivity contribution < 1.29 is 18.3 Å². The molecule has 0 amide bonds. The molecule has 0 aliphatic carbocycles. The van der Waals surface area contributed by atoms with Crippen molar-refractivity contribution in [3.05, 3.63) is 29.8 Å². The Hall–Kier alpha value is -1.11. The first-order valence-electron chi connectivity index (χ1n) is 6.64. The molecule has 0 aromatic heterocycles. The van der Waals surface area contributed by atoms with Gasteiger partial charge in [0.2, 0.25) is 0 Å². The van der Waals surface area contributed by atoms with Crippen molar-refractivity contribution >= 4 is 9.84 Å². The van der Waals surface area contributed by atoms with Gasteiger partial charge in [-0.1, -0.05) is 12.1 Å². The second-order valence-electron chi connectivity index (χ2n) is 5.29. The smallest absolute Gasteiger partial charge is 0.151 e. The summed E-state index contributed by atoms with van der Waals surface area (Å²) < 4.78 is 28.1. The van der Waals surface area contributed by atoms with Gasteiger partial charge in [-0.05, 0) is 31.2 Å². The third kappa shape index (κ3) is 3.71. The average Bonchev–Trinajstić information content (AvgIpc) is 2.79.